The average Bonchev–Trinajstić information content (AvgIpc) is 2.83. The number of anilines is 1. The third-order valence-corrected chi connectivity index (χ3v) is 3.63. The van der Waals surface area contributed by atoms with Crippen molar-refractivity contribution in [2.75, 3.05) is 5.32 Å². The van der Waals surface area contributed by atoms with Crippen LogP contribution in [-0.4, -0.2) is 12.3 Å². The second kappa shape index (κ2) is 6.65. The molecule has 0 aliphatic rings. The molecule has 0 aliphatic heterocycles. The lowest BCUT2D eigenvalue weighted by Gasteiger charge is -2.09. The number of nitrogens with one attached hydrogen (secondary N) is 1. The van der Waals surface area contributed by atoms with Gasteiger partial charge in [-0.2, -0.15) is 0 Å². The second-order valence-corrected chi connectivity index (χ2v) is 5.31. The second-order valence-electron chi connectivity index (χ2n) is 4.36. The summed E-state index contributed by atoms with van der Waals surface area (Å²) >= 11 is 1.52. The summed E-state index contributed by atoms with van der Waals surface area (Å²) in [5, 5.41) is 4.48. The fraction of sp³-hybridized carbons (Fsp3) is 0.133. The number of rotatable bonds is 4. The molecule has 116 valence electrons. The molecule has 0 saturated carbocycles. The number of alkyl halides is 3. The molecule has 0 atom stereocenters. The van der Waals surface area contributed by atoms with Crippen molar-refractivity contribution in [1.29, 1.82) is 0 Å². The van der Waals surface area contributed by atoms with Crippen LogP contribution >= 0.6 is 11.3 Å². The normalized spacial score (nSPS) is 11.6. The van der Waals surface area contributed by atoms with E-state index in [9.17, 15) is 18.0 Å². The number of carbonyl (C=O) groups is 1. The van der Waals surface area contributed by atoms with Crippen LogP contribution in [0.1, 0.15) is 10.4 Å². The molecule has 2 rings (SSSR count). The Balaban J connectivity index is 1.94. The standard InChI is InChI=1S/C15H12F3NO2S/c1-10-8-9-22-13(10)6-7-14(20)19-11-2-4-12(5-3-11)21-15(16,17)18/h2-9H,1H3,(H,19,20)/b7-6+. The first-order valence-corrected chi connectivity index (χ1v) is 7.10. The van der Waals surface area contributed by atoms with Crippen LogP contribution in [0.3, 0.4) is 0 Å². The quantitative estimate of drug-likeness (QED) is 0.833. The average molecular weight is 327 g/mol. The molecule has 0 aliphatic carbocycles. The highest BCUT2D eigenvalue weighted by Gasteiger charge is 2.30. The number of thiophene rings is 1. The minimum atomic E-state index is -4.73. The summed E-state index contributed by atoms with van der Waals surface area (Å²) in [7, 11) is 0. The van der Waals surface area contributed by atoms with Gasteiger partial charge in [-0.1, -0.05) is 0 Å². The first-order valence-electron chi connectivity index (χ1n) is 6.22. The predicted octanol–water partition coefficient (Wildman–Crippen LogP) is 4.61. The number of benzene rings is 1. The van der Waals surface area contributed by atoms with Gasteiger partial charge in [-0.15, -0.1) is 24.5 Å². The van der Waals surface area contributed by atoms with Crippen LogP contribution in [0.4, 0.5) is 18.9 Å². The molecule has 0 radical (unpaired) electrons. The molecular formula is C15H12F3NO2S. The van der Waals surface area contributed by atoms with Crippen LogP contribution in [0.5, 0.6) is 5.75 Å². The summed E-state index contributed by atoms with van der Waals surface area (Å²) in [6.07, 6.45) is -1.67. The largest absolute Gasteiger partial charge is 0.573 e. The lowest BCUT2D eigenvalue weighted by molar-refractivity contribution is -0.274. The van der Waals surface area contributed by atoms with Crippen LogP contribution in [0.25, 0.3) is 6.08 Å². The molecule has 0 saturated heterocycles. The van der Waals surface area contributed by atoms with Gasteiger partial charge < -0.3 is 10.1 Å². The molecule has 1 amide bonds. The Morgan fingerprint density at radius 1 is 1.23 bits per heavy atom. The van der Waals surface area contributed by atoms with Crippen molar-refractivity contribution in [3.05, 3.63) is 52.2 Å². The summed E-state index contributed by atoms with van der Waals surface area (Å²) in [6.45, 7) is 1.94. The highest BCUT2D eigenvalue weighted by molar-refractivity contribution is 7.11. The molecule has 1 aromatic carbocycles. The van der Waals surface area contributed by atoms with Crippen LogP contribution in [0, 0.1) is 6.92 Å². The minimum Gasteiger partial charge on any atom is -0.406 e. The minimum absolute atomic E-state index is 0.338. The lowest BCUT2D eigenvalue weighted by atomic mass is 10.2. The maximum Gasteiger partial charge on any atom is 0.573 e. The highest BCUT2D eigenvalue weighted by Crippen LogP contribution is 2.24. The molecule has 0 unspecified atom stereocenters. The number of aryl methyl sites for hydroxylation is 1. The summed E-state index contributed by atoms with van der Waals surface area (Å²) < 4.78 is 39.8. The Bertz CT molecular complexity index is 675. The maximum absolute atomic E-state index is 12.0. The van der Waals surface area contributed by atoms with Crippen molar-refractivity contribution >= 4 is 29.0 Å². The van der Waals surface area contributed by atoms with E-state index >= 15 is 0 Å². The van der Waals surface area contributed by atoms with Gasteiger partial charge in [0.2, 0.25) is 5.91 Å². The van der Waals surface area contributed by atoms with Gasteiger partial charge in [0.1, 0.15) is 5.75 Å². The van der Waals surface area contributed by atoms with Gasteiger partial charge >= 0.3 is 6.36 Å². The number of hydrogen-bond donors (Lipinski definition) is 1. The van der Waals surface area contributed by atoms with Crippen molar-refractivity contribution in [3.8, 4) is 5.75 Å². The highest BCUT2D eigenvalue weighted by atomic mass is 32.1. The van der Waals surface area contributed by atoms with Gasteiger partial charge in [0.15, 0.2) is 0 Å². The van der Waals surface area contributed by atoms with E-state index in [1.165, 1.54) is 29.5 Å². The van der Waals surface area contributed by atoms with Crippen molar-refractivity contribution in [2.24, 2.45) is 0 Å². The van der Waals surface area contributed by atoms with E-state index in [1.807, 2.05) is 18.4 Å². The SMILES string of the molecule is Cc1ccsc1/C=C/C(=O)Nc1ccc(OC(F)(F)F)cc1. The van der Waals surface area contributed by atoms with Crippen molar-refractivity contribution < 1.29 is 22.7 Å². The smallest absolute Gasteiger partial charge is 0.406 e. The molecule has 1 N–H and O–H groups in total. The topological polar surface area (TPSA) is 38.3 Å². The van der Waals surface area contributed by atoms with Crippen molar-refractivity contribution in [2.45, 2.75) is 13.3 Å². The third-order valence-electron chi connectivity index (χ3n) is 2.64. The maximum atomic E-state index is 12.0. The van der Waals surface area contributed by atoms with Gasteiger partial charge in [0.25, 0.3) is 0 Å². The zero-order valence-corrected chi connectivity index (χ0v) is 12.3. The number of hydrogen-bond acceptors (Lipinski definition) is 3. The van der Waals surface area contributed by atoms with Crippen LogP contribution in [0.15, 0.2) is 41.8 Å². The van der Waals surface area contributed by atoms with E-state index in [2.05, 4.69) is 10.1 Å². The van der Waals surface area contributed by atoms with Gasteiger partial charge in [-0.05, 0) is 54.3 Å². The van der Waals surface area contributed by atoms with Gasteiger partial charge in [-0.3, -0.25) is 4.79 Å². The molecule has 0 fully saturated rings. The Hall–Kier alpha value is -2.28. The van der Waals surface area contributed by atoms with Crippen LogP contribution in [-0.2, 0) is 4.79 Å². The summed E-state index contributed by atoms with van der Waals surface area (Å²) in [5.74, 6) is -0.701. The van der Waals surface area contributed by atoms with E-state index in [1.54, 1.807) is 6.08 Å². The molecule has 1 aromatic heterocycles. The first-order chi connectivity index (χ1) is 10.3. The number of carbonyl (C=O) groups excluding carboxylic acids is 1. The molecule has 3 nitrogen and oxygen atoms in total. The fourth-order valence-electron chi connectivity index (χ4n) is 1.63. The first kappa shape index (κ1) is 16.1. The summed E-state index contributed by atoms with van der Waals surface area (Å²) in [4.78, 5) is 12.7. The van der Waals surface area contributed by atoms with E-state index in [4.69, 9.17) is 0 Å². The van der Waals surface area contributed by atoms with E-state index in [-0.39, 0.29) is 11.7 Å². The Labute approximate surface area is 129 Å². The molecule has 2 aromatic rings. The monoisotopic (exact) mass is 327 g/mol. The number of halogens is 3. The molecule has 1 heterocycles. The fourth-order valence-corrected chi connectivity index (χ4v) is 2.45. The Morgan fingerprint density at radius 2 is 1.91 bits per heavy atom. The number of ether oxygens (including phenoxy) is 1. The predicted molar refractivity (Wildman–Crippen MR) is 79.8 cm³/mol. The zero-order chi connectivity index (χ0) is 16.2. The van der Waals surface area contributed by atoms with Crippen LogP contribution in [0.2, 0.25) is 0 Å². The van der Waals surface area contributed by atoms with Crippen LogP contribution < -0.4 is 10.1 Å². The third kappa shape index (κ3) is 4.92. The van der Waals surface area contributed by atoms with E-state index in [0.717, 1.165) is 22.6 Å². The Morgan fingerprint density at radius 3 is 2.45 bits per heavy atom. The van der Waals surface area contributed by atoms with E-state index in [0.29, 0.717) is 5.69 Å². The molecule has 22 heavy (non-hydrogen) atoms. The van der Waals surface area contributed by atoms with Gasteiger partial charge in [-0.25, -0.2) is 0 Å². The molecule has 0 bridgehead atoms. The molecular weight excluding hydrogens is 315 g/mol. The van der Waals surface area contributed by atoms with Crippen molar-refractivity contribution in [1.82, 2.24) is 0 Å². The Kier molecular flexibility index (Phi) is 4.87. The lowest BCUT2D eigenvalue weighted by Crippen LogP contribution is -2.17. The van der Waals surface area contributed by atoms with E-state index < -0.39 is 6.36 Å². The van der Waals surface area contributed by atoms with Gasteiger partial charge in [0, 0.05) is 16.6 Å². The van der Waals surface area contributed by atoms with Gasteiger partial charge in [0.05, 0.1) is 0 Å². The number of amides is 1. The summed E-state index contributed by atoms with van der Waals surface area (Å²) in [6, 6.07) is 6.89. The summed E-state index contributed by atoms with van der Waals surface area (Å²) in [5.41, 5.74) is 1.45. The molecule has 0 spiro atoms. The zero-order valence-electron chi connectivity index (χ0n) is 11.5. The van der Waals surface area contributed by atoms with Crippen molar-refractivity contribution in [3.63, 3.8) is 0 Å². The molecule has 7 heteroatoms.